The number of methoxy groups -OCH3 is 1. The highest BCUT2D eigenvalue weighted by Gasteiger charge is 2.69. The minimum atomic E-state index is -0.823. The van der Waals surface area contributed by atoms with Gasteiger partial charge in [-0.15, -0.1) is 0 Å². The van der Waals surface area contributed by atoms with Gasteiger partial charge in [0.15, 0.2) is 0 Å². The molecule has 5 rings (SSSR count). The molecule has 160 valence electrons. The summed E-state index contributed by atoms with van der Waals surface area (Å²) in [5.74, 6) is -1.05. The molecule has 0 radical (unpaired) electrons. The number of hydrogen-bond donors (Lipinski definition) is 0. The first-order chi connectivity index (χ1) is 14.2. The third-order valence-electron chi connectivity index (χ3n) is 8.99. The van der Waals surface area contributed by atoms with E-state index in [0.29, 0.717) is 44.9 Å². The number of carbonyl (C=O) groups excluding carboxylic acids is 4. The largest absolute Gasteiger partial charge is 0.468 e. The number of ether oxygens (including phenoxy) is 2. The van der Waals surface area contributed by atoms with E-state index in [1.165, 1.54) is 7.11 Å². The lowest BCUT2D eigenvalue weighted by molar-refractivity contribution is -0.165. The second-order valence-electron chi connectivity index (χ2n) is 10.0. The van der Waals surface area contributed by atoms with Gasteiger partial charge in [0.2, 0.25) is 0 Å². The van der Waals surface area contributed by atoms with Crippen LogP contribution in [0.15, 0.2) is 22.8 Å². The molecule has 6 heteroatoms. The fourth-order valence-corrected chi connectivity index (χ4v) is 7.14. The third-order valence-corrected chi connectivity index (χ3v) is 8.99. The van der Waals surface area contributed by atoms with Gasteiger partial charge in [-0.3, -0.25) is 19.2 Å². The Morgan fingerprint density at radius 2 is 1.87 bits per heavy atom. The zero-order chi connectivity index (χ0) is 21.5. The van der Waals surface area contributed by atoms with Crippen molar-refractivity contribution in [1.82, 2.24) is 0 Å². The van der Waals surface area contributed by atoms with E-state index in [-0.39, 0.29) is 41.3 Å². The Bertz CT molecular complexity index is 957. The van der Waals surface area contributed by atoms with Gasteiger partial charge in [0.25, 0.3) is 0 Å². The molecule has 6 nitrogen and oxygen atoms in total. The first-order valence-corrected chi connectivity index (χ1v) is 11.0. The number of rotatable bonds is 1. The first kappa shape index (κ1) is 19.7. The van der Waals surface area contributed by atoms with Crippen LogP contribution in [0.5, 0.6) is 0 Å². The molecule has 5 aliphatic rings. The molecule has 2 saturated carbocycles. The van der Waals surface area contributed by atoms with Crippen molar-refractivity contribution in [2.45, 2.75) is 70.8 Å². The second-order valence-corrected chi connectivity index (χ2v) is 10.0. The molecule has 1 unspecified atom stereocenters. The van der Waals surface area contributed by atoms with Crippen molar-refractivity contribution < 1.29 is 28.7 Å². The summed E-state index contributed by atoms with van der Waals surface area (Å²) < 4.78 is 11.0. The van der Waals surface area contributed by atoms with E-state index in [4.69, 9.17) is 9.47 Å². The Morgan fingerprint density at radius 3 is 2.53 bits per heavy atom. The molecule has 0 aromatic carbocycles. The standard InChI is InChI=1S/C24H28O6/c1-22-7-4-14(25)10-13(22)11-15(21(28)29-3)20-16-5-8-24(9-6-19(27)30-24)23(16,2)18(26)12-17(20)22/h11,15-16H,4-10,12H2,1-3H3/t15-,16?,22+,23-,24-/m1/s1. The Labute approximate surface area is 176 Å². The van der Waals surface area contributed by atoms with E-state index in [9.17, 15) is 19.2 Å². The Kier molecular flexibility index (Phi) is 4.04. The summed E-state index contributed by atoms with van der Waals surface area (Å²) in [5, 5.41) is 0. The molecule has 5 atom stereocenters. The summed E-state index contributed by atoms with van der Waals surface area (Å²) in [6, 6.07) is 0. The van der Waals surface area contributed by atoms with Crippen LogP contribution >= 0.6 is 0 Å². The number of hydrogen-bond acceptors (Lipinski definition) is 6. The molecular weight excluding hydrogens is 384 g/mol. The zero-order valence-corrected chi connectivity index (χ0v) is 17.8. The Morgan fingerprint density at radius 1 is 1.10 bits per heavy atom. The average Bonchev–Trinajstić information content (AvgIpc) is 3.24. The highest BCUT2D eigenvalue weighted by molar-refractivity contribution is 5.95. The predicted octanol–water partition coefficient (Wildman–Crippen LogP) is 3.24. The fraction of sp³-hybridized carbons (Fsp3) is 0.667. The van der Waals surface area contributed by atoms with Crippen molar-refractivity contribution in [3.63, 3.8) is 0 Å². The summed E-state index contributed by atoms with van der Waals surface area (Å²) in [5.41, 5.74) is 0.993. The zero-order valence-electron chi connectivity index (χ0n) is 17.8. The summed E-state index contributed by atoms with van der Waals surface area (Å²) in [6.07, 6.45) is 5.92. The van der Waals surface area contributed by atoms with Gasteiger partial charge in [-0.25, -0.2) is 0 Å². The maximum absolute atomic E-state index is 13.7. The van der Waals surface area contributed by atoms with E-state index in [1.54, 1.807) is 0 Å². The molecule has 0 bridgehead atoms. The van der Waals surface area contributed by atoms with Gasteiger partial charge in [0.05, 0.1) is 18.4 Å². The van der Waals surface area contributed by atoms with E-state index >= 15 is 0 Å². The van der Waals surface area contributed by atoms with Crippen molar-refractivity contribution in [3.05, 3.63) is 22.8 Å². The second kappa shape index (κ2) is 6.14. The number of fused-ring (bicyclic) bond motifs is 5. The van der Waals surface area contributed by atoms with Crippen LogP contribution in [-0.2, 0) is 28.7 Å². The van der Waals surface area contributed by atoms with Crippen molar-refractivity contribution in [2.75, 3.05) is 7.11 Å². The van der Waals surface area contributed by atoms with Crippen LogP contribution in [0.2, 0.25) is 0 Å². The van der Waals surface area contributed by atoms with E-state index in [2.05, 4.69) is 6.92 Å². The normalized spacial score (nSPS) is 42.5. The van der Waals surface area contributed by atoms with Gasteiger partial charge >= 0.3 is 11.9 Å². The molecule has 1 heterocycles. The molecule has 3 fully saturated rings. The van der Waals surface area contributed by atoms with E-state index in [1.807, 2.05) is 13.0 Å². The van der Waals surface area contributed by atoms with Crippen LogP contribution < -0.4 is 0 Å². The molecule has 1 saturated heterocycles. The van der Waals surface area contributed by atoms with E-state index in [0.717, 1.165) is 16.7 Å². The van der Waals surface area contributed by atoms with Crippen LogP contribution in [0.25, 0.3) is 0 Å². The summed E-state index contributed by atoms with van der Waals surface area (Å²) in [6.45, 7) is 4.06. The van der Waals surface area contributed by atoms with Crippen LogP contribution in [0.1, 0.15) is 65.2 Å². The van der Waals surface area contributed by atoms with Crippen molar-refractivity contribution in [2.24, 2.45) is 22.7 Å². The smallest absolute Gasteiger partial charge is 0.316 e. The van der Waals surface area contributed by atoms with Gasteiger partial charge in [0.1, 0.15) is 17.2 Å². The van der Waals surface area contributed by atoms with Crippen LogP contribution in [0.3, 0.4) is 0 Å². The SMILES string of the molecule is COC(=O)[C@@H]1C=C2CC(=O)CC[C@]2(C)C2=C1C1CC[C@@]3(CCC(=O)O3)[C@@]1(C)C(=O)C2. The third kappa shape index (κ3) is 2.25. The number of Topliss-reactive ketones (excluding diaryl/α,β-unsaturated/α-hetero) is 2. The molecule has 1 aliphatic heterocycles. The van der Waals surface area contributed by atoms with Crippen LogP contribution in [-0.4, -0.2) is 36.2 Å². The lowest BCUT2D eigenvalue weighted by atomic mass is 9.51. The van der Waals surface area contributed by atoms with Gasteiger partial charge in [-0.05, 0) is 44.1 Å². The highest BCUT2D eigenvalue weighted by atomic mass is 16.6. The number of ketones is 2. The molecule has 4 aliphatic carbocycles. The minimum absolute atomic E-state index is 0.0986. The van der Waals surface area contributed by atoms with Crippen molar-refractivity contribution in [3.8, 4) is 0 Å². The topological polar surface area (TPSA) is 86.7 Å². The summed E-state index contributed by atoms with van der Waals surface area (Å²) in [7, 11) is 1.38. The molecule has 1 spiro atoms. The number of esters is 2. The van der Waals surface area contributed by atoms with Gasteiger partial charge in [-0.2, -0.15) is 0 Å². The molecule has 0 aromatic rings. The highest BCUT2D eigenvalue weighted by Crippen LogP contribution is 2.66. The fourth-order valence-electron chi connectivity index (χ4n) is 7.14. The minimum Gasteiger partial charge on any atom is -0.468 e. The molecule has 0 aromatic heterocycles. The maximum Gasteiger partial charge on any atom is 0.316 e. The maximum atomic E-state index is 13.7. The van der Waals surface area contributed by atoms with E-state index < -0.39 is 16.9 Å². The predicted molar refractivity (Wildman–Crippen MR) is 106 cm³/mol. The van der Waals surface area contributed by atoms with Gasteiger partial charge in [0, 0.05) is 31.1 Å². The number of allylic oxidation sites excluding steroid dienone is 2. The molecule has 0 N–H and O–H groups in total. The summed E-state index contributed by atoms with van der Waals surface area (Å²) >= 11 is 0. The monoisotopic (exact) mass is 412 g/mol. The lowest BCUT2D eigenvalue weighted by Crippen LogP contribution is -2.55. The first-order valence-electron chi connectivity index (χ1n) is 11.0. The lowest BCUT2D eigenvalue weighted by Gasteiger charge is -2.52. The molecule has 30 heavy (non-hydrogen) atoms. The van der Waals surface area contributed by atoms with Crippen molar-refractivity contribution in [1.29, 1.82) is 0 Å². The number of carbonyl (C=O) groups is 4. The van der Waals surface area contributed by atoms with Crippen LogP contribution in [0.4, 0.5) is 0 Å². The summed E-state index contributed by atoms with van der Waals surface area (Å²) in [4.78, 5) is 50.8. The Hall–Kier alpha value is -2.24. The molecular formula is C24H28O6. The molecule has 0 amide bonds. The van der Waals surface area contributed by atoms with Gasteiger partial charge < -0.3 is 9.47 Å². The van der Waals surface area contributed by atoms with Crippen molar-refractivity contribution >= 4 is 23.5 Å². The average molecular weight is 412 g/mol. The quantitative estimate of drug-likeness (QED) is 0.485. The van der Waals surface area contributed by atoms with Crippen LogP contribution in [0, 0.1) is 22.7 Å². The van der Waals surface area contributed by atoms with Gasteiger partial charge in [-0.1, -0.05) is 24.1 Å². The Balaban J connectivity index is 1.68.